The summed E-state index contributed by atoms with van der Waals surface area (Å²) < 4.78 is 1.82. The van der Waals surface area contributed by atoms with Crippen LogP contribution in [0.1, 0.15) is 11.4 Å². The highest BCUT2D eigenvalue weighted by atomic mass is 15.3. The van der Waals surface area contributed by atoms with Gasteiger partial charge in [0.25, 0.3) is 0 Å². The Morgan fingerprint density at radius 3 is 2.53 bits per heavy atom. The molecule has 3 heteroatoms. The minimum Gasteiger partial charge on any atom is -0.221 e. The first-order valence-electron chi connectivity index (χ1n) is 5.76. The Morgan fingerprint density at radius 2 is 1.71 bits per heavy atom. The summed E-state index contributed by atoms with van der Waals surface area (Å²) in [4.78, 5) is 4.48. The lowest BCUT2D eigenvalue weighted by molar-refractivity contribution is 0.836. The zero-order valence-electron chi connectivity index (χ0n) is 9.45. The van der Waals surface area contributed by atoms with Crippen molar-refractivity contribution >= 4 is 5.65 Å². The van der Waals surface area contributed by atoms with E-state index in [1.807, 2.05) is 35.0 Å². The molecule has 0 atom stereocenters. The van der Waals surface area contributed by atoms with Gasteiger partial charge in [-0.05, 0) is 24.1 Å². The van der Waals surface area contributed by atoms with E-state index in [0.29, 0.717) is 0 Å². The first kappa shape index (κ1) is 10.0. The fraction of sp³-hybridized carbons (Fsp3) is 0.143. The van der Waals surface area contributed by atoms with Crippen molar-refractivity contribution in [2.75, 3.05) is 0 Å². The van der Waals surface area contributed by atoms with Crippen molar-refractivity contribution in [1.29, 1.82) is 0 Å². The van der Waals surface area contributed by atoms with Gasteiger partial charge < -0.3 is 0 Å². The van der Waals surface area contributed by atoms with Crippen LogP contribution in [0.3, 0.4) is 0 Å². The lowest BCUT2D eigenvalue weighted by atomic mass is 10.1. The smallest absolute Gasteiger partial charge is 0.155 e. The molecule has 0 saturated carbocycles. The van der Waals surface area contributed by atoms with Crippen molar-refractivity contribution in [2.45, 2.75) is 12.8 Å². The standard InChI is InChI=1S/C14H13N3/c1-2-6-12(7-3-1)9-10-13-15-14-8-4-5-11-17(14)16-13/h1-8,11H,9-10H2. The summed E-state index contributed by atoms with van der Waals surface area (Å²) in [6.07, 6.45) is 3.79. The predicted molar refractivity (Wildman–Crippen MR) is 66.8 cm³/mol. The Balaban J connectivity index is 1.77. The van der Waals surface area contributed by atoms with Gasteiger partial charge >= 0.3 is 0 Å². The second-order valence-corrected chi connectivity index (χ2v) is 4.02. The summed E-state index contributed by atoms with van der Waals surface area (Å²) in [5.74, 6) is 0.903. The van der Waals surface area contributed by atoms with E-state index in [1.54, 1.807) is 0 Å². The quantitative estimate of drug-likeness (QED) is 0.683. The third-order valence-corrected chi connectivity index (χ3v) is 2.77. The number of aryl methyl sites for hydroxylation is 2. The Labute approximate surface area is 99.7 Å². The maximum atomic E-state index is 4.48. The van der Waals surface area contributed by atoms with Crippen molar-refractivity contribution in [1.82, 2.24) is 14.6 Å². The van der Waals surface area contributed by atoms with Crippen molar-refractivity contribution in [3.63, 3.8) is 0 Å². The monoisotopic (exact) mass is 223 g/mol. The molecule has 0 saturated heterocycles. The largest absolute Gasteiger partial charge is 0.221 e. The van der Waals surface area contributed by atoms with E-state index in [-0.39, 0.29) is 0 Å². The van der Waals surface area contributed by atoms with Crippen LogP contribution in [0.15, 0.2) is 54.7 Å². The molecule has 3 nitrogen and oxygen atoms in total. The minimum absolute atomic E-state index is 0.881. The van der Waals surface area contributed by atoms with Gasteiger partial charge in [0.1, 0.15) is 0 Å². The molecular formula is C14H13N3. The average Bonchev–Trinajstić information content (AvgIpc) is 2.80. The van der Waals surface area contributed by atoms with E-state index in [0.717, 1.165) is 24.3 Å². The Kier molecular flexibility index (Phi) is 2.58. The van der Waals surface area contributed by atoms with Crippen LogP contribution in [0.4, 0.5) is 0 Å². The zero-order valence-corrected chi connectivity index (χ0v) is 9.45. The van der Waals surface area contributed by atoms with E-state index in [1.165, 1.54) is 5.56 Å². The number of hydrogen-bond donors (Lipinski definition) is 0. The molecule has 3 rings (SSSR count). The van der Waals surface area contributed by atoms with Crippen LogP contribution in [0, 0.1) is 0 Å². The zero-order chi connectivity index (χ0) is 11.5. The molecule has 84 valence electrons. The molecule has 3 aromatic rings. The number of rotatable bonds is 3. The lowest BCUT2D eigenvalue weighted by Gasteiger charge is -1.96. The first-order chi connectivity index (χ1) is 8.42. The predicted octanol–water partition coefficient (Wildman–Crippen LogP) is 2.51. The molecule has 17 heavy (non-hydrogen) atoms. The second kappa shape index (κ2) is 4.37. The van der Waals surface area contributed by atoms with Gasteiger partial charge in [-0.1, -0.05) is 36.4 Å². The highest BCUT2D eigenvalue weighted by molar-refractivity contribution is 5.36. The molecule has 1 aromatic carbocycles. The molecule has 0 bridgehead atoms. The fourth-order valence-electron chi connectivity index (χ4n) is 1.88. The van der Waals surface area contributed by atoms with Gasteiger partial charge in [-0.15, -0.1) is 0 Å². The van der Waals surface area contributed by atoms with Gasteiger partial charge in [0.05, 0.1) is 0 Å². The van der Waals surface area contributed by atoms with Crippen LogP contribution >= 0.6 is 0 Å². The Morgan fingerprint density at radius 1 is 0.882 bits per heavy atom. The van der Waals surface area contributed by atoms with Crippen molar-refractivity contribution in [2.24, 2.45) is 0 Å². The minimum atomic E-state index is 0.881. The molecule has 0 unspecified atom stereocenters. The maximum absolute atomic E-state index is 4.48. The van der Waals surface area contributed by atoms with Crippen LogP contribution < -0.4 is 0 Å². The van der Waals surface area contributed by atoms with Crippen LogP contribution in [-0.4, -0.2) is 14.6 Å². The van der Waals surface area contributed by atoms with Crippen LogP contribution in [0.2, 0.25) is 0 Å². The van der Waals surface area contributed by atoms with E-state index in [2.05, 4.69) is 34.3 Å². The SMILES string of the molecule is c1ccc(CCc2nc3ccccn3n2)cc1. The number of pyridine rings is 1. The van der Waals surface area contributed by atoms with Crippen LogP contribution in [0.5, 0.6) is 0 Å². The summed E-state index contributed by atoms with van der Waals surface area (Å²) >= 11 is 0. The molecule has 0 N–H and O–H groups in total. The van der Waals surface area contributed by atoms with E-state index >= 15 is 0 Å². The van der Waals surface area contributed by atoms with Gasteiger partial charge in [-0.2, -0.15) is 5.10 Å². The molecule has 0 aliphatic carbocycles. The van der Waals surface area contributed by atoms with Gasteiger partial charge in [-0.25, -0.2) is 9.50 Å². The summed E-state index contributed by atoms with van der Waals surface area (Å²) in [5.41, 5.74) is 2.24. The lowest BCUT2D eigenvalue weighted by Crippen LogP contribution is -1.94. The van der Waals surface area contributed by atoms with E-state index in [9.17, 15) is 0 Å². The molecule has 0 amide bonds. The highest BCUT2D eigenvalue weighted by Crippen LogP contribution is 2.05. The molecule has 0 radical (unpaired) electrons. The topological polar surface area (TPSA) is 30.2 Å². The number of benzene rings is 1. The van der Waals surface area contributed by atoms with Crippen molar-refractivity contribution in [3.8, 4) is 0 Å². The third kappa shape index (κ3) is 2.18. The van der Waals surface area contributed by atoms with Crippen molar-refractivity contribution < 1.29 is 0 Å². The molecule has 0 aliphatic heterocycles. The van der Waals surface area contributed by atoms with Gasteiger partial charge in [0.15, 0.2) is 11.5 Å². The second-order valence-electron chi connectivity index (χ2n) is 4.02. The van der Waals surface area contributed by atoms with Gasteiger partial charge in [0, 0.05) is 12.6 Å². The first-order valence-corrected chi connectivity index (χ1v) is 5.76. The molecule has 2 aromatic heterocycles. The third-order valence-electron chi connectivity index (χ3n) is 2.77. The molecule has 0 spiro atoms. The highest BCUT2D eigenvalue weighted by Gasteiger charge is 2.02. The fourth-order valence-corrected chi connectivity index (χ4v) is 1.88. The summed E-state index contributed by atoms with van der Waals surface area (Å²) in [5, 5.41) is 4.43. The van der Waals surface area contributed by atoms with Gasteiger partial charge in [-0.3, -0.25) is 0 Å². The maximum Gasteiger partial charge on any atom is 0.155 e. The molecule has 0 fully saturated rings. The number of fused-ring (bicyclic) bond motifs is 1. The summed E-state index contributed by atoms with van der Waals surface area (Å²) in [7, 11) is 0. The Bertz CT molecular complexity index is 580. The average molecular weight is 223 g/mol. The summed E-state index contributed by atoms with van der Waals surface area (Å²) in [6.45, 7) is 0. The molecular weight excluding hydrogens is 210 g/mol. The van der Waals surface area contributed by atoms with Gasteiger partial charge in [0.2, 0.25) is 0 Å². The summed E-state index contributed by atoms with van der Waals surface area (Å²) in [6, 6.07) is 16.3. The number of aromatic nitrogens is 3. The van der Waals surface area contributed by atoms with Crippen LogP contribution in [0.25, 0.3) is 5.65 Å². The normalized spacial score (nSPS) is 10.8. The number of nitrogens with zero attached hydrogens (tertiary/aromatic N) is 3. The van der Waals surface area contributed by atoms with Crippen LogP contribution in [-0.2, 0) is 12.8 Å². The van der Waals surface area contributed by atoms with E-state index < -0.39 is 0 Å². The van der Waals surface area contributed by atoms with Crippen molar-refractivity contribution in [3.05, 3.63) is 66.1 Å². The van der Waals surface area contributed by atoms with E-state index in [4.69, 9.17) is 0 Å². The molecule has 0 aliphatic rings. The molecule has 2 heterocycles. The number of hydrogen-bond acceptors (Lipinski definition) is 2. The Hall–Kier alpha value is -2.16.